The minimum absolute atomic E-state index is 0.0572. The summed E-state index contributed by atoms with van der Waals surface area (Å²) in [6.07, 6.45) is 0.512. The predicted octanol–water partition coefficient (Wildman–Crippen LogP) is 2.01. The van der Waals surface area contributed by atoms with E-state index in [2.05, 4.69) is 0 Å². The van der Waals surface area contributed by atoms with E-state index < -0.39 is 11.5 Å². The maximum Gasteiger partial charge on any atom is 0.228 e. The molecule has 0 aliphatic heterocycles. The van der Waals surface area contributed by atoms with Gasteiger partial charge in [-0.05, 0) is 12.0 Å². The third-order valence-corrected chi connectivity index (χ3v) is 3.34. The number of hydrogen-bond acceptors (Lipinski definition) is 2. The zero-order valence-corrected chi connectivity index (χ0v) is 11.0. The van der Waals surface area contributed by atoms with E-state index >= 15 is 0 Å². The van der Waals surface area contributed by atoms with Crippen LogP contribution in [0.4, 0.5) is 0 Å². The van der Waals surface area contributed by atoms with Crippen molar-refractivity contribution in [1.82, 2.24) is 4.90 Å². The molecule has 2 atom stereocenters. The summed E-state index contributed by atoms with van der Waals surface area (Å²) in [6.45, 7) is 3.67. The summed E-state index contributed by atoms with van der Waals surface area (Å²) in [4.78, 5) is 13.5. The normalized spacial score (nSPS) is 16.1. The molecule has 0 spiro atoms. The molecule has 3 nitrogen and oxygen atoms in total. The van der Waals surface area contributed by atoms with Crippen molar-refractivity contribution >= 4 is 5.91 Å². The number of rotatable bonds is 4. The van der Waals surface area contributed by atoms with Gasteiger partial charge in [-0.25, -0.2) is 0 Å². The van der Waals surface area contributed by atoms with Crippen molar-refractivity contribution < 1.29 is 9.90 Å². The Morgan fingerprint density at radius 2 is 1.88 bits per heavy atom. The van der Waals surface area contributed by atoms with Gasteiger partial charge in [-0.3, -0.25) is 4.79 Å². The third-order valence-electron chi connectivity index (χ3n) is 3.34. The largest absolute Gasteiger partial charge is 0.384 e. The Morgan fingerprint density at radius 1 is 1.35 bits per heavy atom. The minimum atomic E-state index is -1.09. The van der Waals surface area contributed by atoms with Crippen LogP contribution in [0.3, 0.4) is 0 Å². The van der Waals surface area contributed by atoms with Gasteiger partial charge in [-0.2, -0.15) is 0 Å². The molecule has 1 N–H and O–H groups in total. The Kier molecular flexibility index (Phi) is 4.29. The molecule has 0 saturated carbocycles. The fourth-order valence-electron chi connectivity index (χ4n) is 2.08. The lowest BCUT2D eigenvalue weighted by atomic mass is 9.79. The monoisotopic (exact) mass is 235 g/mol. The van der Waals surface area contributed by atoms with E-state index in [0.29, 0.717) is 6.42 Å². The molecule has 1 aromatic rings. The number of carbonyl (C=O) groups is 1. The smallest absolute Gasteiger partial charge is 0.228 e. The molecule has 0 aliphatic rings. The Labute approximate surface area is 103 Å². The van der Waals surface area contributed by atoms with Gasteiger partial charge < -0.3 is 10.0 Å². The first-order valence-corrected chi connectivity index (χ1v) is 5.92. The molecule has 1 rings (SSSR count). The molecule has 0 aliphatic carbocycles. The van der Waals surface area contributed by atoms with Crippen LogP contribution in [-0.4, -0.2) is 30.0 Å². The second kappa shape index (κ2) is 5.32. The van der Waals surface area contributed by atoms with E-state index in [9.17, 15) is 9.90 Å². The lowest BCUT2D eigenvalue weighted by Gasteiger charge is -2.34. The molecule has 17 heavy (non-hydrogen) atoms. The number of hydrogen-bond donors (Lipinski definition) is 1. The summed E-state index contributed by atoms with van der Waals surface area (Å²) in [7, 11) is 3.42. The van der Waals surface area contributed by atoms with Crippen molar-refractivity contribution in [2.45, 2.75) is 25.9 Å². The number of carbonyl (C=O) groups excluding carboxylic acids is 1. The van der Waals surface area contributed by atoms with Crippen molar-refractivity contribution in [3.05, 3.63) is 35.9 Å². The van der Waals surface area contributed by atoms with Gasteiger partial charge in [0.25, 0.3) is 0 Å². The average molecular weight is 235 g/mol. The molecule has 0 unspecified atom stereocenters. The van der Waals surface area contributed by atoms with Crippen LogP contribution in [0.25, 0.3) is 0 Å². The first-order chi connectivity index (χ1) is 7.93. The number of amides is 1. The molecule has 0 radical (unpaired) electrons. The van der Waals surface area contributed by atoms with E-state index in [0.717, 1.165) is 5.56 Å². The van der Waals surface area contributed by atoms with Crippen molar-refractivity contribution in [3.63, 3.8) is 0 Å². The number of aliphatic hydroxyl groups is 1. The van der Waals surface area contributed by atoms with Crippen LogP contribution >= 0.6 is 0 Å². The fourth-order valence-corrected chi connectivity index (χ4v) is 2.08. The molecule has 1 amide bonds. The van der Waals surface area contributed by atoms with Crippen LogP contribution < -0.4 is 0 Å². The summed E-state index contributed by atoms with van der Waals surface area (Å²) in [5.74, 6) is -0.511. The van der Waals surface area contributed by atoms with Crippen molar-refractivity contribution in [1.29, 1.82) is 0 Å². The molecule has 0 saturated heterocycles. The summed E-state index contributed by atoms with van der Waals surface area (Å²) in [5, 5.41) is 10.7. The molecule has 0 fully saturated rings. The van der Waals surface area contributed by atoms with Crippen LogP contribution in [0.1, 0.15) is 25.8 Å². The van der Waals surface area contributed by atoms with Crippen LogP contribution in [-0.2, 0) is 10.4 Å². The summed E-state index contributed by atoms with van der Waals surface area (Å²) < 4.78 is 0. The highest BCUT2D eigenvalue weighted by atomic mass is 16.3. The van der Waals surface area contributed by atoms with E-state index in [4.69, 9.17) is 0 Å². The zero-order valence-electron chi connectivity index (χ0n) is 11.0. The van der Waals surface area contributed by atoms with E-state index in [1.807, 2.05) is 37.3 Å². The van der Waals surface area contributed by atoms with Crippen molar-refractivity contribution in [3.8, 4) is 0 Å². The summed E-state index contributed by atoms with van der Waals surface area (Å²) in [5.41, 5.74) is -0.298. The van der Waals surface area contributed by atoms with Gasteiger partial charge >= 0.3 is 0 Å². The molecule has 1 aromatic carbocycles. The van der Waals surface area contributed by atoms with Crippen LogP contribution in [0.5, 0.6) is 0 Å². The Balaban J connectivity index is 3.08. The summed E-state index contributed by atoms with van der Waals surface area (Å²) >= 11 is 0. The van der Waals surface area contributed by atoms with Gasteiger partial charge in [-0.15, -0.1) is 0 Å². The average Bonchev–Trinajstić information content (AvgIpc) is 2.36. The molecular formula is C14H21NO2. The Morgan fingerprint density at radius 3 is 2.29 bits per heavy atom. The van der Waals surface area contributed by atoms with Crippen LogP contribution in [0.15, 0.2) is 30.3 Å². The molecule has 0 heterocycles. The quantitative estimate of drug-likeness (QED) is 0.867. The number of nitrogens with zero attached hydrogens (tertiary/aromatic N) is 1. The highest BCUT2D eigenvalue weighted by Gasteiger charge is 2.38. The summed E-state index contributed by atoms with van der Waals surface area (Å²) in [6, 6.07) is 9.38. The van der Waals surface area contributed by atoms with Crippen LogP contribution in [0, 0.1) is 5.92 Å². The highest BCUT2D eigenvalue weighted by molar-refractivity contribution is 5.79. The van der Waals surface area contributed by atoms with Gasteiger partial charge in [0.05, 0.1) is 5.92 Å². The zero-order chi connectivity index (χ0) is 13.1. The second-order valence-corrected chi connectivity index (χ2v) is 4.60. The Bertz CT molecular complexity index is 375. The van der Waals surface area contributed by atoms with Crippen molar-refractivity contribution in [2.24, 2.45) is 5.92 Å². The Hall–Kier alpha value is -1.35. The first kappa shape index (κ1) is 13.7. The second-order valence-electron chi connectivity index (χ2n) is 4.60. The van der Waals surface area contributed by atoms with Crippen LogP contribution in [0.2, 0.25) is 0 Å². The third kappa shape index (κ3) is 2.67. The van der Waals surface area contributed by atoms with E-state index in [1.165, 1.54) is 4.90 Å². The standard InChI is InChI=1S/C14H21NO2/c1-5-14(17,11(2)13(16)15(3)4)12-9-7-6-8-10-12/h6-11,17H,5H2,1-4H3/t11-,14-/m0/s1. The van der Waals surface area contributed by atoms with Gasteiger partial charge in [0.15, 0.2) is 0 Å². The maximum absolute atomic E-state index is 12.0. The van der Waals surface area contributed by atoms with Gasteiger partial charge in [0, 0.05) is 14.1 Å². The number of benzene rings is 1. The van der Waals surface area contributed by atoms with Gasteiger partial charge in [0.2, 0.25) is 5.91 Å². The highest BCUT2D eigenvalue weighted by Crippen LogP contribution is 2.33. The first-order valence-electron chi connectivity index (χ1n) is 5.92. The fraction of sp³-hybridized carbons (Fsp3) is 0.500. The molecule has 94 valence electrons. The SMILES string of the molecule is CC[C@@](O)(c1ccccc1)[C@@H](C)C(=O)N(C)C. The van der Waals surface area contributed by atoms with Gasteiger partial charge in [0.1, 0.15) is 5.60 Å². The van der Waals surface area contributed by atoms with Gasteiger partial charge in [-0.1, -0.05) is 44.2 Å². The molecule has 0 aromatic heterocycles. The molecule has 0 bridgehead atoms. The molecular weight excluding hydrogens is 214 g/mol. The topological polar surface area (TPSA) is 40.5 Å². The lowest BCUT2D eigenvalue weighted by molar-refractivity contribution is -0.143. The van der Waals surface area contributed by atoms with Crippen molar-refractivity contribution in [2.75, 3.05) is 14.1 Å². The van der Waals surface area contributed by atoms with E-state index in [1.54, 1.807) is 21.0 Å². The van der Waals surface area contributed by atoms with E-state index in [-0.39, 0.29) is 5.91 Å². The predicted molar refractivity (Wildman–Crippen MR) is 68.5 cm³/mol. The lowest BCUT2D eigenvalue weighted by Crippen LogP contribution is -2.42. The maximum atomic E-state index is 12.0. The minimum Gasteiger partial charge on any atom is -0.384 e. The molecule has 3 heteroatoms.